The topological polar surface area (TPSA) is 75.7 Å². The van der Waals surface area contributed by atoms with Crippen molar-refractivity contribution in [3.8, 4) is 5.75 Å². The first-order valence-electron chi connectivity index (χ1n) is 9.56. The zero-order chi connectivity index (χ0) is 21.3. The van der Waals surface area contributed by atoms with Gasteiger partial charge >= 0.3 is 0 Å². The normalized spacial score (nSPS) is 13.7. The van der Waals surface area contributed by atoms with Crippen LogP contribution in [0.4, 0.5) is 11.4 Å². The first-order chi connectivity index (χ1) is 14.4. The van der Waals surface area contributed by atoms with Crippen molar-refractivity contribution in [1.82, 2.24) is 0 Å². The van der Waals surface area contributed by atoms with Crippen LogP contribution in [-0.2, 0) is 4.79 Å². The van der Waals surface area contributed by atoms with E-state index in [1.54, 1.807) is 55.5 Å². The number of fused-ring (bicyclic) bond motifs is 1. The molecule has 1 unspecified atom stereocenters. The van der Waals surface area contributed by atoms with Gasteiger partial charge in [-0.05, 0) is 56.3 Å². The Bertz CT molecular complexity index is 1100. The quantitative estimate of drug-likeness (QED) is 0.651. The highest BCUT2D eigenvalue weighted by Crippen LogP contribution is 2.29. The summed E-state index contributed by atoms with van der Waals surface area (Å²) in [5.74, 6) is -0.497. The smallest absolute Gasteiger partial charge is 0.266 e. The van der Waals surface area contributed by atoms with Crippen LogP contribution in [0, 0.1) is 6.92 Å². The van der Waals surface area contributed by atoms with Gasteiger partial charge in [0.15, 0.2) is 6.10 Å². The molecule has 30 heavy (non-hydrogen) atoms. The van der Waals surface area contributed by atoms with Gasteiger partial charge in [-0.25, -0.2) is 4.90 Å². The molecular formula is C24H20N2O4. The molecule has 0 fully saturated rings. The molecule has 6 nitrogen and oxygen atoms in total. The van der Waals surface area contributed by atoms with Crippen LogP contribution in [0.2, 0.25) is 0 Å². The minimum Gasteiger partial charge on any atom is -0.481 e. The number of hydrogen-bond acceptors (Lipinski definition) is 4. The largest absolute Gasteiger partial charge is 0.481 e. The average molecular weight is 400 g/mol. The van der Waals surface area contributed by atoms with Crippen molar-refractivity contribution in [2.45, 2.75) is 20.0 Å². The molecule has 0 aromatic heterocycles. The van der Waals surface area contributed by atoms with Crippen LogP contribution in [0.15, 0.2) is 72.8 Å². The van der Waals surface area contributed by atoms with Gasteiger partial charge in [-0.15, -0.1) is 0 Å². The number of nitrogens with zero attached hydrogens (tertiary/aromatic N) is 1. The second-order valence-electron chi connectivity index (χ2n) is 7.10. The van der Waals surface area contributed by atoms with Crippen LogP contribution in [0.25, 0.3) is 0 Å². The third-order valence-corrected chi connectivity index (χ3v) is 4.87. The molecule has 6 heteroatoms. The number of benzene rings is 3. The van der Waals surface area contributed by atoms with E-state index in [0.29, 0.717) is 28.3 Å². The van der Waals surface area contributed by atoms with Crippen LogP contribution in [0.3, 0.4) is 0 Å². The van der Waals surface area contributed by atoms with Crippen molar-refractivity contribution in [3.05, 3.63) is 89.5 Å². The molecule has 1 N–H and O–H groups in total. The van der Waals surface area contributed by atoms with Gasteiger partial charge in [0.25, 0.3) is 17.7 Å². The van der Waals surface area contributed by atoms with Crippen LogP contribution in [0.1, 0.15) is 33.2 Å². The van der Waals surface area contributed by atoms with Gasteiger partial charge in [-0.1, -0.05) is 35.9 Å². The van der Waals surface area contributed by atoms with Gasteiger partial charge in [0.1, 0.15) is 5.75 Å². The highest BCUT2D eigenvalue weighted by molar-refractivity contribution is 6.34. The number of ether oxygens (including phenoxy) is 1. The molecule has 0 saturated carbocycles. The molecule has 150 valence electrons. The molecule has 3 aromatic rings. The number of carbonyl (C=O) groups excluding carboxylic acids is 3. The molecule has 0 radical (unpaired) electrons. The number of carbonyl (C=O) groups is 3. The second-order valence-corrected chi connectivity index (χ2v) is 7.10. The Morgan fingerprint density at radius 1 is 0.900 bits per heavy atom. The molecule has 0 bridgehead atoms. The van der Waals surface area contributed by atoms with Crippen LogP contribution in [-0.4, -0.2) is 23.8 Å². The SMILES string of the molecule is Cc1ccc(OC(C)C(=O)Nc2cccc(N3C(=O)c4ccccc4C3=O)c2)cc1. The van der Waals surface area contributed by atoms with Gasteiger partial charge in [-0.2, -0.15) is 0 Å². The number of anilines is 2. The molecule has 4 rings (SSSR count). The van der Waals surface area contributed by atoms with Gasteiger partial charge in [0.05, 0.1) is 16.8 Å². The maximum atomic E-state index is 12.7. The van der Waals surface area contributed by atoms with E-state index in [4.69, 9.17) is 4.74 Å². The van der Waals surface area contributed by atoms with Gasteiger partial charge < -0.3 is 10.1 Å². The summed E-state index contributed by atoms with van der Waals surface area (Å²) in [6.07, 6.45) is -0.726. The summed E-state index contributed by atoms with van der Waals surface area (Å²) in [4.78, 5) is 39.0. The van der Waals surface area contributed by atoms with E-state index in [1.807, 2.05) is 31.2 Å². The molecule has 1 atom stereocenters. The van der Waals surface area contributed by atoms with Crippen molar-refractivity contribution in [2.75, 3.05) is 10.2 Å². The summed E-state index contributed by atoms with van der Waals surface area (Å²) < 4.78 is 5.68. The summed E-state index contributed by atoms with van der Waals surface area (Å²) in [6, 6.07) is 20.8. The third-order valence-electron chi connectivity index (χ3n) is 4.87. The Morgan fingerprint density at radius 3 is 2.17 bits per heavy atom. The summed E-state index contributed by atoms with van der Waals surface area (Å²) in [5.41, 5.74) is 2.71. The summed E-state index contributed by atoms with van der Waals surface area (Å²) in [5, 5.41) is 2.77. The molecule has 1 aliphatic rings. The first kappa shape index (κ1) is 19.4. The number of aryl methyl sites for hydroxylation is 1. The van der Waals surface area contributed by atoms with Gasteiger partial charge in [0.2, 0.25) is 0 Å². The van der Waals surface area contributed by atoms with Crippen molar-refractivity contribution < 1.29 is 19.1 Å². The Kier molecular flexibility index (Phi) is 5.06. The maximum Gasteiger partial charge on any atom is 0.266 e. The number of rotatable bonds is 5. The zero-order valence-corrected chi connectivity index (χ0v) is 16.6. The fourth-order valence-corrected chi connectivity index (χ4v) is 3.26. The lowest BCUT2D eigenvalue weighted by Gasteiger charge is -2.17. The van der Waals surface area contributed by atoms with Crippen LogP contribution < -0.4 is 15.0 Å². The Morgan fingerprint density at radius 2 is 1.53 bits per heavy atom. The van der Waals surface area contributed by atoms with E-state index in [1.165, 1.54) is 0 Å². The van der Waals surface area contributed by atoms with E-state index in [2.05, 4.69) is 5.32 Å². The van der Waals surface area contributed by atoms with Crippen molar-refractivity contribution in [3.63, 3.8) is 0 Å². The summed E-state index contributed by atoms with van der Waals surface area (Å²) in [7, 11) is 0. The molecule has 0 saturated heterocycles. The zero-order valence-electron chi connectivity index (χ0n) is 16.6. The van der Waals surface area contributed by atoms with Crippen LogP contribution in [0.5, 0.6) is 5.75 Å². The molecule has 1 heterocycles. The van der Waals surface area contributed by atoms with E-state index in [9.17, 15) is 14.4 Å². The lowest BCUT2D eigenvalue weighted by molar-refractivity contribution is -0.122. The lowest BCUT2D eigenvalue weighted by atomic mass is 10.1. The average Bonchev–Trinajstić information content (AvgIpc) is 3.00. The number of hydrogen-bond donors (Lipinski definition) is 1. The molecule has 3 aromatic carbocycles. The fourth-order valence-electron chi connectivity index (χ4n) is 3.26. The molecule has 1 aliphatic heterocycles. The number of imide groups is 1. The number of nitrogens with one attached hydrogen (secondary N) is 1. The van der Waals surface area contributed by atoms with Crippen molar-refractivity contribution in [2.24, 2.45) is 0 Å². The van der Waals surface area contributed by atoms with E-state index in [-0.39, 0.29) is 17.7 Å². The Balaban J connectivity index is 1.49. The molecule has 3 amide bonds. The predicted molar refractivity (Wildman–Crippen MR) is 114 cm³/mol. The monoisotopic (exact) mass is 400 g/mol. The van der Waals surface area contributed by atoms with Gasteiger partial charge in [-0.3, -0.25) is 14.4 Å². The molecular weight excluding hydrogens is 380 g/mol. The standard InChI is InChI=1S/C24H20N2O4/c1-15-10-12-19(13-11-15)30-16(2)22(27)25-17-6-5-7-18(14-17)26-23(28)20-8-3-4-9-21(20)24(26)29/h3-14,16H,1-2H3,(H,25,27). The summed E-state index contributed by atoms with van der Waals surface area (Å²) in [6.45, 7) is 3.63. The van der Waals surface area contributed by atoms with E-state index in [0.717, 1.165) is 10.5 Å². The van der Waals surface area contributed by atoms with E-state index < -0.39 is 6.10 Å². The second kappa shape index (κ2) is 7.83. The predicted octanol–water partition coefficient (Wildman–Crippen LogP) is 4.20. The minimum atomic E-state index is -0.726. The highest BCUT2D eigenvalue weighted by atomic mass is 16.5. The van der Waals surface area contributed by atoms with E-state index >= 15 is 0 Å². The Labute approximate surface area is 174 Å². The first-order valence-corrected chi connectivity index (χ1v) is 9.56. The molecule has 0 spiro atoms. The summed E-state index contributed by atoms with van der Waals surface area (Å²) >= 11 is 0. The minimum absolute atomic E-state index is 0.338. The molecule has 0 aliphatic carbocycles. The van der Waals surface area contributed by atoms with Gasteiger partial charge in [0, 0.05) is 5.69 Å². The maximum absolute atomic E-state index is 12.7. The fraction of sp³-hybridized carbons (Fsp3) is 0.125. The van der Waals surface area contributed by atoms with Crippen molar-refractivity contribution >= 4 is 29.1 Å². The Hall–Kier alpha value is -3.93. The number of amides is 3. The highest BCUT2D eigenvalue weighted by Gasteiger charge is 2.36. The van der Waals surface area contributed by atoms with Crippen molar-refractivity contribution in [1.29, 1.82) is 0 Å². The third kappa shape index (κ3) is 3.67. The van der Waals surface area contributed by atoms with Crippen LogP contribution >= 0.6 is 0 Å². The lowest BCUT2D eigenvalue weighted by Crippen LogP contribution is -2.31.